The summed E-state index contributed by atoms with van der Waals surface area (Å²) >= 11 is 0. The summed E-state index contributed by atoms with van der Waals surface area (Å²) in [5.41, 5.74) is 2.06. The molecule has 1 saturated heterocycles. The van der Waals surface area contributed by atoms with Crippen molar-refractivity contribution in [3.63, 3.8) is 0 Å². The SMILES string of the molecule is Cc1ccc(-c2noc(CN3N=N[C@@H]4C(=O)N(c5cccc(F)c5)C(=O)[C@@H]43)n2)cc1. The molecule has 0 unspecified atom stereocenters. The van der Waals surface area contributed by atoms with Gasteiger partial charge in [-0.3, -0.25) is 14.6 Å². The molecule has 0 saturated carbocycles. The standard InChI is InChI=1S/C20H15FN6O3/c1-11-5-7-12(8-6-11)18-22-15(30-24-18)10-26-17-16(23-25-26)19(28)27(20(17)29)14-4-2-3-13(21)9-14/h2-9,16-17H,10H2,1H3/t16-,17+/m0/s1. The molecule has 3 heterocycles. The summed E-state index contributed by atoms with van der Waals surface area (Å²) in [5, 5.41) is 13.2. The van der Waals surface area contributed by atoms with Crippen LogP contribution in [-0.4, -0.2) is 39.0 Å². The number of anilines is 1. The van der Waals surface area contributed by atoms with E-state index in [-0.39, 0.29) is 18.1 Å². The maximum absolute atomic E-state index is 13.6. The fraction of sp³-hybridized carbons (Fsp3) is 0.200. The summed E-state index contributed by atoms with van der Waals surface area (Å²) in [6.45, 7) is 1.99. The average Bonchev–Trinajstić information content (AvgIpc) is 3.41. The smallest absolute Gasteiger partial charge is 0.263 e. The quantitative estimate of drug-likeness (QED) is 0.617. The van der Waals surface area contributed by atoms with Crippen molar-refractivity contribution in [2.75, 3.05) is 4.90 Å². The first-order chi connectivity index (χ1) is 14.5. The van der Waals surface area contributed by atoms with Gasteiger partial charge in [0.25, 0.3) is 11.8 Å². The van der Waals surface area contributed by atoms with Gasteiger partial charge in [-0.1, -0.05) is 46.3 Å². The van der Waals surface area contributed by atoms with Crippen molar-refractivity contribution in [2.24, 2.45) is 10.3 Å². The van der Waals surface area contributed by atoms with Gasteiger partial charge in [-0.15, -0.1) is 0 Å². The van der Waals surface area contributed by atoms with E-state index >= 15 is 0 Å². The lowest BCUT2D eigenvalue weighted by atomic mass is 10.1. The monoisotopic (exact) mass is 406 g/mol. The molecule has 150 valence electrons. The Bertz CT molecular complexity index is 1180. The number of rotatable bonds is 4. The summed E-state index contributed by atoms with van der Waals surface area (Å²) in [7, 11) is 0. The number of imide groups is 1. The molecule has 2 atom stereocenters. The lowest BCUT2D eigenvalue weighted by Crippen LogP contribution is -2.39. The van der Waals surface area contributed by atoms with Gasteiger partial charge in [0.2, 0.25) is 11.7 Å². The molecule has 10 heteroatoms. The highest BCUT2D eigenvalue weighted by atomic mass is 19.1. The van der Waals surface area contributed by atoms with E-state index in [1.54, 1.807) is 0 Å². The van der Waals surface area contributed by atoms with Crippen molar-refractivity contribution in [1.29, 1.82) is 0 Å². The molecule has 1 aromatic heterocycles. The molecule has 2 amide bonds. The molecule has 2 aliphatic heterocycles. The largest absolute Gasteiger partial charge is 0.337 e. The minimum atomic E-state index is -0.986. The second-order valence-electron chi connectivity index (χ2n) is 7.06. The van der Waals surface area contributed by atoms with E-state index in [0.29, 0.717) is 5.82 Å². The predicted molar refractivity (Wildman–Crippen MR) is 101 cm³/mol. The summed E-state index contributed by atoms with van der Waals surface area (Å²) < 4.78 is 18.8. The molecule has 5 rings (SSSR count). The molecule has 0 radical (unpaired) electrons. The Morgan fingerprint density at radius 1 is 1.10 bits per heavy atom. The van der Waals surface area contributed by atoms with Crippen molar-refractivity contribution in [1.82, 2.24) is 15.1 Å². The van der Waals surface area contributed by atoms with Crippen LogP contribution in [0.1, 0.15) is 11.5 Å². The molecule has 0 N–H and O–H groups in total. The third-order valence-corrected chi connectivity index (χ3v) is 5.00. The van der Waals surface area contributed by atoms with E-state index in [1.807, 2.05) is 31.2 Å². The predicted octanol–water partition coefficient (Wildman–Crippen LogP) is 2.68. The van der Waals surface area contributed by atoms with Crippen LogP contribution in [0, 0.1) is 12.7 Å². The summed E-state index contributed by atoms with van der Waals surface area (Å²) in [6, 6.07) is 11.0. The van der Waals surface area contributed by atoms with E-state index in [0.717, 1.165) is 22.1 Å². The second-order valence-corrected chi connectivity index (χ2v) is 7.06. The first-order valence-corrected chi connectivity index (χ1v) is 9.22. The Balaban J connectivity index is 1.36. The molecule has 0 bridgehead atoms. The normalized spacial score (nSPS) is 20.3. The zero-order valence-electron chi connectivity index (χ0n) is 15.8. The number of carbonyl (C=O) groups excluding carboxylic acids is 2. The van der Waals surface area contributed by atoms with Crippen molar-refractivity contribution >= 4 is 17.5 Å². The second kappa shape index (κ2) is 6.83. The minimum Gasteiger partial charge on any atom is -0.337 e. The number of carbonyl (C=O) groups is 2. The molecule has 9 nitrogen and oxygen atoms in total. The van der Waals surface area contributed by atoms with Gasteiger partial charge >= 0.3 is 0 Å². The number of aryl methyl sites for hydroxylation is 1. The number of nitrogens with zero attached hydrogens (tertiary/aromatic N) is 6. The van der Waals surface area contributed by atoms with Gasteiger partial charge < -0.3 is 4.52 Å². The first-order valence-electron chi connectivity index (χ1n) is 9.22. The van der Waals surface area contributed by atoms with Crippen LogP contribution in [0.2, 0.25) is 0 Å². The Hall–Kier alpha value is -3.95. The number of fused-ring (bicyclic) bond motifs is 1. The molecule has 3 aromatic rings. The van der Waals surface area contributed by atoms with Gasteiger partial charge in [-0.2, -0.15) is 10.1 Å². The van der Waals surface area contributed by atoms with Crippen LogP contribution in [0.3, 0.4) is 0 Å². The Labute approximate surface area is 169 Å². The maximum Gasteiger partial charge on any atom is 0.263 e. The highest BCUT2D eigenvalue weighted by Crippen LogP contribution is 2.33. The molecular weight excluding hydrogens is 391 g/mol. The number of hydrogen-bond donors (Lipinski definition) is 0. The molecule has 2 aliphatic rings. The fourth-order valence-corrected chi connectivity index (χ4v) is 3.50. The minimum absolute atomic E-state index is 0.0134. The van der Waals surface area contributed by atoms with Crippen LogP contribution in [0.15, 0.2) is 63.4 Å². The number of aromatic nitrogens is 2. The van der Waals surface area contributed by atoms with Crippen LogP contribution in [0.4, 0.5) is 10.1 Å². The van der Waals surface area contributed by atoms with Crippen LogP contribution >= 0.6 is 0 Å². The topological polar surface area (TPSA) is 104 Å². The van der Waals surface area contributed by atoms with Gasteiger partial charge in [0.05, 0.1) is 5.69 Å². The van der Waals surface area contributed by atoms with E-state index in [2.05, 4.69) is 20.5 Å². The lowest BCUT2D eigenvalue weighted by molar-refractivity contribution is -0.123. The Morgan fingerprint density at radius 3 is 2.67 bits per heavy atom. The number of hydrogen-bond acceptors (Lipinski definition) is 8. The van der Waals surface area contributed by atoms with Crippen LogP contribution in [0.25, 0.3) is 11.4 Å². The van der Waals surface area contributed by atoms with Gasteiger partial charge in [0, 0.05) is 5.56 Å². The molecule has 0 spiro atoms. The van der Waals surface area contributed by atoms with Crippen molar-refractivity contribution in [2.45, 2.75) is 25.6 Å². The van der Waals surface area contributed by atoms with Crippen LogP contribution in [0.5, 0.6) is 0 Å². The van der Waals surface area contributed by atoms with Crippen LogP contribution in [-0.2, 0) is 16.1 Å². The molecule has 30 heavy (non-hydrogen) atoms. The van der Waals surface area contributed by atoms with Crippen LogP contribution < -0.4 is 4.90 Å². The zero-order valence-corrected chi connectivity index (χ0v) is 15.8. The van der Waals surface area contributed by atoms with Crippen molar-refractivity contribution < 1.29 is 18.5 Å². The number of amides is 2. The Kier molecular flexibility index (Phi) is 4.12. The van der Waals surface area contributed by atoms with Crippen molar-refractivity contribution in [3.8, 4) is 11.4 Å². The van der Waals surface area contributed by atoms with Gasteiger partial charge in [0.15, 0.2) is 12.1 Å². The highest BCUT2D eigenvalue weighted by Gasteiger charge is 2.55. The Morgan fingerprint density at radius 2 is 1.90 bits per heavy atom. The van der Waals surface area contributed by atoms with Gasteiger partial charge in [-0.25, -0.2) is 9.29 Å². The van der Waals surface area contributed by atoms with E-state index in [9.17, 15) is 14.0 Å². The zero-order chi connectivity index (χ0) is 20.8. The van der Waals surface area contributed by atoms with Gasteiger partial charge in [-0.05, 0) is 25.1 Å². The first kappa shape index (κ1) is 18.1. The maximum atomic E-state index is 13.6. The summed E-state index contributed by atoms with van der Waals surface area (Å²) in [6.07, 6.45) is 0. The third kappa shape index (κ3) is 2.93. The molecule has 0 aliphatic carbocycles. The van der Waals surface area contributed by atoms with Gasteiger partial charge in [0.1, 0.15) is 12.4 Å². The fourth-order valence-electron chi connectivity index (χ4n) is 3.50. The molecule has 1 fully saturated rings. The third-order valence-electron chi connectivity index (χ3n) is 5.00. The summed E-state index contributed by atoms with van der Waals surface area (Å²) in [5.74, 6) is -0.979. The highest BCUT2D eigenvalue weighted by molar-refractivity contribution is 6.25. The molecule has 2 aromatic carbocycles. The summed E-state index contributed by atoms with van der Waals surface area (Å²) in [4.78, 5) is 30.9. The number of benzene rings is 2. The van der Waals surface area contributed by atoms with E-state index in [4.69, 9.17) is 4.52 Å². The number of halogens is 1. The van der Waals surface area contributed by atoms with E-state index < -0.39 is 29.7 Å². The van der Waals surface area contributed by atoms with Crippen molar-refractivity contribution in [3.05, 3.63) is 65.8 Å². The molecular formula is C20H15FN6O3. The lowest BCUT2D eigenvalue weighted by Gasteiger charge is -2.19. The average molecular weight is 406 g/mol. The van der Waals surface area contributed by atoms with E-state index in [1.165, 1.54) is 23.2 Å².